The van der Waals surface area contributed by atoms with E-state index in [1.807, 2.05) is 44.2 Å². The molecule has 1 aliphatic heterocycles. The van der Waals surface area contributed by atoms with E-state index in [2.05, 4.69) is 16.9 Å². The average Bonchev–Trinajstić information content (AvgIpc) is 2.57. The molecule has 2 aromatic rings. The zero-order chi connectivity index (χ0) is 16.6. The lowest BCUT2D eigenvalue weighted by molar-refractivity contribution is -0.108. The van der Waals surface area contributed by atoms with Gasteiger partial charge in [0.15, 0.2) is 0 Å². The Balaban J connectivity index is 2.08. The van der Waals surface area contributed by atoms with E-state index in [1.165, 1.54) is 0 Å². The van der Waals surface area contributed by atoms with Crippen LogP contribution in [0.5, 0.6) is 5.75 Å². The summed E-state index contributed by atoms with van der Waals surface area (Å²) in [5.41, 5.74) is 5.06. The van der Waals surface area contributed by atoms with Gasteiger partial charge < -0.3 is 15.2 Å². The molecule has 1 heterocycles. The quantitative estimate of drug-likeness (QED) is 0.849. The standard InChI is InChI=1S/C19H18N2O2/c1-4-13-5-6-16-15(9-13)17(10-22)21-19(20-16)14-7-11(2)18(23)12(3)8-14/h4-10,17,23H,1H2,2-3H3,(H,20,21). The summed E-state index contributed by atoms with van der Waals surface area (Å²) >= 11 is 0. The predicted molar refractivity (Wildman–Crippen MR) is 93.1 cm³/mol. The van der Waals surface area contributed by atoms with Crippen molar-refractivity contribution in [1.29, 1.82) is 0 Å². The number of hydrogen-bond acceptors (Lipinski definition) is 4. The van der Waals surface area contributed by atoms with Crippen molar-refractivity contribution in [3.63, 3.8) is 0 Å². The number of rotatable bonds is 3. The molecule has 4 heteroatoms. The van der Waals surface area contributed by atoms with Crippen molar-refractivity contribution < 1.29 is 9.90 Å². The molecule has 2 aromatic carbocycles. The van der Waals surface area contributed by atoms with Gasteiger partial charge in [-0.1, -0.05) is 18.7 Å². The van der Waals surface area contributed by atoms with Gasteiger partial charge in [0.05, 0.1) is 0 Å². The number of nitrogens with zero attached hydrogens (tertiary/aromatic N) is 1. The first-order chi connectivity index (χ1) is 11.0. The molecule has 4 nitrogen and oxygen atoms in total. The van der Waals surface area contributed by atoms with Crippen LogP contribution in [0.4, 0.5) is 5.69 Å². The molecular formula is C19H18N2O2. The van der Waals surface area contributed by atoms with Gasteiger partial charge in [0.25, 0.3) is 0 Å². The Morgan fingerprint density at radius 3 is 2.52 bits per heavy atom. The number of phenols is 1. The Morgan fingerprint density at radius 1 is 1.22 bits per heavy atom. The first-order valence-electron chi connectivity index (χ1n) is 7.40. The lowest BCUT2D eigenvalue weighted by Gasteiger charge is -2.23. The second-order valence-electron chi connectivity index (χ2n) is 5.69. The molecule has 1 atom stereocenters. The predicted octanol–water partition coefficient (Wildman–Crippen LogP) is 3.76. The van der Waals surface area contributed by atoms with Gasteiger partial charge in [-0.05, 0) is 54.8 Å². The van der Waals surface area contributed by atoms with Crippen LogP contribution in [0.3, 0.4) is 0 Å². The number of phenolic OH excluding ortho intramolecular Hbond substituents is 1. The van der Waals surface area contributed by atoms with E-state index in [0.717, 1.165) is 39.8 Å². The minimum atomic E-state index is -0.546. The van der Waals surface area contributed by atoms with Crippen molar-refractivity contribution in [2.75, 3.05) is 5.32 Å². The highest BCUT2D eigenvalue weighted by atomic mass is 16.3. The minimum absolute atomic E-state index is 0.285. The number of fused-ring (bicyclic) bond motifs is 1. The molecule has 0 amide bonds. The molecular weight excluding hydrogens is 288 g/mol. The molecule has 116 valence electrons. The van der Waals surface area contributed by atoms with Crippen molar-refractivity contribution in [3.8, 4) is 5.75 Å². The zero-order valence-electron chi connectivity index (χ0n) is 13.1. The molecule has 0 fully saturated rings. The van der Waals surface area contributed by atoms with Crippen molar-refractivity contribution in [3.05, 3.63) is 64.7 Å². The third kappa shape index (κ3) is 2.63. The highest BCUT2D eigenvalue weighted by Crippen LogP contribution is 2.32. The fourth-order valence-electron chi connectivity index (χ4n) is 2.78. The number of amidine groups is 1. The SMILES string of the molecule is C=Cc1ccc2c(c1)C(C=O)N=C(c1cc(C)c(O)c(C)c1)N2. The lowest BCUT2D eigenvalue weighted by atomic mass is 9.99. The first kappa shape index (κ1) is 15.0. The van der Waals surface area contributed by atoms with E-state index < -0.39 is 6.04 Å². The summed E-state index contributed by atoms with van der Waals surface area (Å²) in [6, 6.07) is 8.96. The summed E-state index contributed by atoms with van der Waals surface area (Å²) < 4.78 is 0. The number of aromatic hydroxyl groups is 1. The molecule has 0 aromatic heterocycles. The second kappa shape index (κ2) is 5.72. The van der Waals surface area contributed by atoms with Crippen LogP contribution in [-0.2, 0) is 4.79 Å². The smallest absolute Gasteiger partial charge is 0.149 e. The average molecular weight is 306 g/mol. The van der Waals surface area contributed by atoms with E-state index in [-0.39, 0.29) is 5.75 Å². The number of aryl methyl sites for hydroxylation is 2. The Kier molecular flexibility index (Phi) is 3.74. The zero-order valence-corrected chi connectivity index (χ0v) is 13.1. The van der Waals surface area contributed by atoms with E-state index in [9.17, 15) is 9.90 Å². The summed E-state index contributed by atoms with van der Waals surface area (Å²) in [6.07, 6.45) is 2.58. The van der Waals surface area contributed by atoms with Crippen LogP contribution in [-0.4, -0.2) is 17.2 Å². The normalized spacial score (nSPS) is 16.1. The summed E-state index contributed by atoms with van der Waals surface area (Å²) in [5.74, 6) is 0.917. The summed E-state index contributed by atoms with van der Waals surface area (Å²) in [5, 5.41) is 13.2. The number of aliphatic imine (C=N–C) groups is 1. The molecule has 23 heavy (non-hydrogen) atoms. The molecule has 0 spiro atoms. The maximum absolute atomic E-state index is 11.5. The number of carbonyl (C=O) groups excluding carboxylic acids is 1. The van der Waals surface area contributed by atoms with E-state index in [1.54, 1.807) is 6.08 Å². The van der Waals surface area contributed by atoms with Crippen molar-refractivity contribution in [2.24, 2.45) is 4.99 Å². The number of carbonyl (C=O) groups is 1. The molecule has 1 aliphatic rings. The van der Waals surface area contributed by atoms with Crippen LogP contribution in [0.25, 0.3) is 6.08 Å². The highest BCUT2D eigenvalue weighted by Gasteiger charge is 2.22. The van der Waals surface area contributed by atoms with Gasteiger partial charge >= 0.3 is 0 Å². The fourth-order valence-corrected chi connectivity index (χ4v) is 2.78. The number of aldehydes is 1. The Labute approximate surface area is 135 Å². The van der Waals surface area contributed by atoms with Gasteiger partial charge in [-0.15, -0.1) is 0 Å². The van der Waals surface area contributed by atoms with Gasteiger partial charge in [0.2, 0.25) is 0 Å². The van der Waals surface area contributed by atoms with E-state index in [0.29, 0.717) is 5.84 Å². The second-order valence-corrected chi connectivity index (χ2v) is 5.69. The minimum Gasteiger partial charge on any atom is -0.507 e. The molecule has 0 saturated carbocycles. The Hall–Kier alpha value is -2.88. The van der Waals surface area contributed by atoms with Gasteiger partial charge in [-0.3, -0.25) is 4.99 Å². The van der Waals surface area contributed by atoms with Crippen molar-refractivity contribution in [1.82, 2.24) is 0 Å². The maximum Gasteiger partial charge on any atom is 0.149 e. The number of benzene rings is 2. The number of nitrogens with one attached hydrogen (secondary N) is 1. The van der Waals surface area contributed by atoms with E-state index >= 15 is 0 Å². The molecule has 3 rings (SSSR count). The van der Waals surface area contributed by atoms with E-state index in [4.69, 9.17) is 0 Å². The summed E-state index contributed by atoms with van der Waals surface area (Å²) in [4.78, 5) is 16.0. The maximum atomic E-state index is 11.5. The topological polar surface area (TPSA) is 61.7 Å². The van der Waals surface area contributed by atoms with Gasteiger partial charge in [-0.2, -0.15) is 0 Å². The van der Waals surface area contributed by atoms with Gasteiger partial charge in [-0.25, -0.2) is 0 Å². The molecule has 0 saturated heterocycles. The van der Waals surface area contributed by atoms with Gasteiger partial charge in [0.1, 0.15) is 23.9 Å². The third-order valence-electron chi connectivity index (χ3n) is 4.04. The molecule has 0 aliphatic carbocycles. The van der Waals surface area contributed by atoms with Crippen molar-refractivity contribution in [2.45, 2.75) is 19.9 Å². The van der Waals surface area contributed by atoms with Crippen LogP contribution in [0, 0.1) is 13.8 Å². The first-order valence-corrected chi connectivity index (χ1v) is 7.40. The Bertz CT molecular complexity index is 814. The molecule has 2 N–H and O–H groups in total. The van der Waals surface area contributed by atoms with Gasteiger partial charge in [0, 0.05) is 16.8 Å². The monoisotopic (exact) mass is 306 g/mol. The summed E-state index contributed by atoms with van der Waals surface area (Å²) in [6.45, 7) is 7.44. The lowest BCUT2D eigenvalue weighted by Crippen LogP contribution is -2.22. The van der Waals surface area contributed by atoms with Crippen LogP contribution < -0.4 is 5.32 Å². The fraction of sp³-hybridized carbons (Fsp3) is 0.158. The largest absolute Gasteiger partial charge is 0.507 e. The number of hydrogen-bond donors (Lipinski definition) is 2. The Morgan fingerprint density at radius 2 is 1.91 bits per heavy atom. The van der Waals surface area contributed by atoms with Crippen LogP contribution in [0.1, 0.15) is 33.9 Å². The molecule has 0 bridgehead atoms. The molecule has 1 unspecified atom stereocenters. The van der Waals surface area contributed by atoms with Crippen LogP contribution >= 0.6 is 0 Å². The van der Waals surface area contributed by atoms with Crippen LogP contribution in [0.2, 0.25) is 0 Å². The highest BCUT2D eigenvalue weighted by molar-refractivity contribution is 6.11. The molecule has 0 radical (unpaired) electrons. The third-order valence-corrected chi connectivity index (χ3v) is 4.04. The van der Waals surface area contributed by atoms with Crippen molar-refractivity contribution >= 4 is 23.9 Å². The number of anilines is 1. The van der Waals surface area contributed by atoms with Crippen LogP contribution in [0.15, 0.2) is 41.9 Å². The summed E-state index contributed by atoms with van der Waals surface area (Å²) in [7, 11) is 0.